The largest absolute Gasteiger partial charge is 1.00 e. The molecule has 0 saturated heterocycles. The van der Waals surface area contributed by atoms with E-state index in [-0.39, 0.29) is 40.9 Å². The Morgan fingerprint density at radius 2 is 2.00 bits per heavy atom. The number of hydrogen-bond acceptors (Lipinski definition) is 4. The Bertz CT molecular complexity index is 243. The normalized spacial score (nSPS) is 11.0. The van der Waals surface area contributed by atoms with Gasteiger partial charge in [0.25, 0.3) is 0 Å². The van der Waals surface area contributed by atoms with Crippen molar-refractivity contribution in [2.24, 2.45) is 0 Å². The molecule has 0 atom stereocenters. The number of allylic oxidation sites excluding steroid dienone is 1. The number of carboxylic acids is 1. The molecule has 0 aliphatic carbocycles. The summed E-state index contributed by atoms with van der Waals surface area (Å²) in [5.74, 6) is -1.68. The van der Waals surface area contributed by atoms with Crippen LogP contribution in [0.5, 0.6) is 0 Å². The van der Waals surface area contributed by atoms with Gasteiger partial charge in [0.1, 0.15) is 5.76 Å². The summed E-state index contributed by atoms with van der Waals surface area (Å²) in [4.78, 5) is 10.2. The van der Waals surface area contributed by atoms with E-state index >= 15 is 0 Å². The number of aliphatic hydroxyl groups excluding tert-OH is 2. The van der Waals surface area contributed by atoms with E-state index in [1.165, 1.54) is 0 Å². The van der Waals surface area contributed by atoms with Gasteiger partial charge in [-0.25, -0.2) is 0 Å². The summed E-state index contributed by atoms with van der Waals surface area (Å²) in [6.45, 7) is 2.71. The van der Waals surface area contributed by atoms with Gasteiger partial charge in [-0.05, 0) is 17.7 Å². The first-order valence-corrected chi connectivity index (χ1v) is 3.16. The quantitative estimate of drug-likeness (QED) is 0.208. The summed E-state index contributed by atoms with van der Waals surface area (Å²) >= 11 is 0. The fourth-order valence-corrected chi connectivity index (χ4v) is 0.504. The standard InChI is InChI=1S/C8H10O4.Na/c1-6(10)2-3-7(4-5-9)8(11)12;/h2-4,9-10H,1,5H2,(H,11,12);/q;+1/p-1/b3-2-,7-4+;. The van der Waals surface area contributed by atoms with Crippen molar-refractivity contribution in [2.75, 3.05) is 6.61 Å². The van der Waals surface area contributed by atoms with Crippen LogP contribution >= 0.6 is 0 Å². The molecule has 0 amide bonds. The van der Waals surface area contributed by atoms with E-state index in [1.54, 1.807) is 0 Å². The Balaban J connectivity index is 0. The first-order valence-electron chi connectivity index (χ1n) is 3.16. The van der Waals surface area contributed by atoms with Crippen molar-refractivity contribution >= 4 is 5.97 Å². The SMILES string of the molecule is C=C(O)/C=C\C(=C/CO)C(=O)[O-].[Na+]. The number of aliphatic carboxylic acids is 1. The van der Waals surface area contributed by atoms with Gasteiger partial charge < -0.3 is 20.1 Å². The maximum Gasteiger partial charge on any atom is 1.00 e. The van der Waals surface area contributed by atoms with Crippen LogP contribution in [0.4, 0.5) is 0 Å². The smallest absolute Gasteiger partial charge is 0.545 e. The number of carbonyl (C=O) groups excluding carboxylic acids is 1. The third-order valence-electron chi connectivity index (χ3n) is 1.00. The number of hydrogen-bond donors (Lipinski definition) is 2. The molecule has 0 heterocycles. The number of carbonyl (C=O) groups is 1. The minimum Gasteiger partial charge on any atom is -0.545 e. The molecule has 0 unspecified atom stereocenters. The van der Waals surface area contributed by atoms with Crippen LogP contribution in [0.2, 0.25) is 0 Å². The number of rotatable bonds is 4. The van der Waals surface area contributed by atoms with E-state index in [4.69, 9.17) is 10.2 Å². The van der Waals surface area contributed by atoms with Crippen LogP contribution in [-0.4, -0.2) is 22.8 Å². The van der Waals surface area contributed by atoms with Crippen LogP contribution in [0.3, 0.4) is 0 Å². The second-order valence-electron chi connectivity index (χ2n) is 1.95. The summed E-state index contributed by atoms with van der Waals surface area (Å²) in [5, 5.41) is 27.2. The molecule has 0 spiro atoms. The van der Waals surface area contributed by atoms with Gasteiger partial charge in [0.05, 0.1) is 12.6 Å². The maximum absolute atomic E-state index is 10.2. The van der Waals surface area contributed by atoms with Gasteiger partial charge in [-0.15, -0.1) is 0 Å². The second kappa shape index (κ2) is 8.07. The molecule has 0 radical (unpaired) electrons. The van der Waals surface area contributed by atoms with Crippen molar-refractivity contribution in [1.29, 1.82) is 0 Å². The average Bonchev–Trinajstić information content (AvgIpc) is 1.96. The van der Waals surface area contributed by atoms with Gasteiger partial charge in [-0.3, -0.25) is 0 Å². The predicted octanol–water partition coefficient (Wildman–Crippen LogP) is -3.71. The molecule has 66 valence electrons. The van der Waals surface area contributed by atoms with Crippen molar-refractivity contribution in [3.05, 3.63) is 36.1 Å². The zero-order chi connectivity index (χ0) is 9.56. The van der Waals surface area contributed by atoms with Crippen LogP contribution < -0.4 is 34.7 Å². The van der Waals surface area contributed by atoms with Crippen LogP contribution in [0.1, 0.15) is 0 Å². The zero-order valence-electron chi connectivity index (χ0n) is 7.36. The molecular formula is C8H9NaO4. The molecule has 0 fully saturated rings. The zero-order valence-corrected chi connectivity index (χ0v) is 9.36. The molecule has 0 aromatic carbocycles. The van der Waals surface area contributed by atoms with E-state index in [2.05, 4.69) is 6.58 Å². The molecule has 0 saturated carbocycles. The summed E-state index contributed by atoms with van der Waals surface area (Å²) in [6.07, 6.45) is 3.24. The van der Waals surface area contributed by atoms with Gasteiger partial charge >= 0.3 is 29.6 Å². The first kappa shape index (κ1) is 14.9. The second-order valence-corrected chi connectivity index (χ2v) is 1.95. The monoisotopic (exact) mass is 192 g/mol. The Labute approximate surface area is 98.2 Å². The molecule has 0 aliphatic rings. The van der Waals surface area contributed by atoms with E-state index < -0.39 is 12.6 Å². The van der Waals surface area contributed by atoms with Crippen LogP contribution in [-0.2, 0) is 4.79 Å². The van der Waals surface area contributed by atoms with E-state index in [9.17, 15) is 9.90 Å². The Kier molecular flexibility index (Phi) is 9.27. The fourth-order valence-electron chi connectivity index (χ4n) is 0.504. The Hall–Kier alpha value is -0.550. The van der Waals surface area contributed by atoms with Gasteiger partial charge in [0.15, 0.2) is 0 Å². The van der Waals surface area contributed by atoms with Gasteiger partial charge in [-0.1, -0.05) is 12.7 Å². The van der Waals surface area contributed by atoms with Crippen molar-refractivity contribution < 1.29 is 49.7 Å². The number of aliphatic hydroxyl groups is 2. The third kappa shape index (κ3) is 7.80. The summed E-state index contributed by atoms with van der Waals surface area (Å²) in [5.41, 5.74) is -0.201. The van der Waals surface area contributed by atoms with Gasteiger partial charge in [-0.2, -0.15) is 0 Å². The predicted molar refractivity (Wildman–Crippen MR) is 41.1 cm³/mol. The van der Waals surface area contributed by atoms with Crippen molar-refractivity contribution in [2.45, 2.75) is 0 Å². The molecule has 13 heavy (non-hydrogen) atoms. The molecular weight excluding hydrogens is 183 g/mol. The van der Waals surface area contributed by atoms with Crippen molar-refractivity contribution in [3.8, 4) is 0 Å². The maximum atomic E-state index is 10.2. The van der Waals surface area contributed by atoms with E-state index in [0.717, 1.165) is 18.2 Å². The Morgan fingerprint density at radius 1 is 1.46 bits per heavy atom. The molecule has 0 aromatic heterocycles. The molecule has 0 bridgehead atoms. The first-order chi connectivity index (χ1) is 5.57. The van der Waals surface area contributed by atoms with Gasteiger partial charge in [0, 0.05) is 0 Å². The summed E-state index contributed by atoms with van der Waals surface area (Å²) in [6, 6.07) is 0. The fraction of sp³-hybridized carbons (Fsp3) is 0.125. The molecule has 0 rings (SSSR count). The van der Waals surface area contributed by atoms with Crippen molar-refractivity contribution in [1.82, 2.24) is 0 Å². The molecule has 4 nitrogen and oxygen atoms in total. The van der Waals surface area contributed by atoms with Gasteiger partial charge in [0.2, 0.25) is 0 Å². The Morgan fingerprint density at radius 3 is 2.31 bits per heavy atom. The third-order valence-corrected chi connectivity index (χ3v) is 1.00. The van der Waals surface area contributed by atoms with E-state index in [0.29, 0.717) is 0 Å². The molecule has 0 aromatic rings. The van der Waals surface area contributed by atoms with Crippen LogP contribution in [0.15, 0.2) is 36.1 Å². The van der Waals surface area contributed by atoms with Crippen LogP contribution in [0.25, 0.3) is 0 Å². The van der Waals surface area contributed by atoms with E-state index in [1.807, 2.05) is 0 Å². The topological polar surface area (TPSA) is 80.6 Å². The number of carboxylic acid groups (broad SMARTS) is 1. The molecule has 0 aliphatic heterocycles. The summed E-state index contributed by atoms with van der Waals surface area (Å²) in [7, 11) is 0. The summed E-state index contributed by atoms with van der Waals surface area (Å²) < 4.78 is 0. The average molecular weight is 192 g/mol. The minimum absolute atomic E-state index is 0. The minimum atomic E-state index is -1.42. The van der Waals surface area contributed by atoms with Crippen LogP contribution in [0, 0.1) is 0 Å². The van der Waals surface area contributed by atoms with Crippen molar-refractivity contribution in [3.63, 3.8) is 0 Å². The molecule has 5 heteroatoms. The molecule has 2 N–H and O–H groups in total.